The third-order valence-electron chi connectivity index (χ3n) is 6.56. The minimum atomic E-state index is -0.513. The van der Waals surface area contributed by atoms with E-state index in [2.05, 4.69) is 5.32 Å². The number of hydrogen-bond acceptors (Lipinski definition) is 8. The number of ketones is 1. The van der Waals surface area contributed by atoms with Crippen molar-refractivity contribution in [3.63, 3.8) is 0 Å². The number of carbonyl (C=O) groups is 3. The van der Waals surface area contributed by atoms with Gasteiger partial charge in [0.2, 0.25) is 0 Å². The lowest BCUT2D eigenvalue weighted by atomic mass is 9.98. The zero-order valence-corrected chi connectivity index (χ0v) is 22.0. The van der Waals surface area contributed by atoms with Crippen molar-refractivity contribution in [1.82, 2.24) is 0 Å². The Balaban J connectivity index is 1.51. The van der Waals surface area contributed by atoms with E-state index in [1.807, 2.05) is 6.92 Å². The zero-order chi connectivity index (χ0) is 26.9. The minimum Gasteiger partial charge on any atom is -0.497 e. The van der Waals surface area contributed by atoms with Crippen molar-refractivity contribution >= 4 is 23.3 Å². The molecule has 38 heavy (non-hydrogen) atoms. The highest BCUT2D eigenvalue weighted by Crippen LogP contribution is 2.34. The normalized spacial score (nSPS) is 18.4. The van der Waals surface area contributed by atoms with Gasteiger partial charge in [-0.15, -0.1) is 0 Å². The van der Waals surface area contributed by atoms with Gasteiger partial charge in [-0.2, -0.15) is 0 Å². The molecule has 9 nitrogen and oxygen atoms in total. The Hall–Kier alpha value is -3.75. The van der Waals surface area contributed by atoms with Crippen molar-refractivity contribution in [2.45, 2.75) is 64.4 Å². The van der Waals surface area contributed by atoms with Gasteiger partial charge in [0.05, 0.1) is 13.2 Å². The van der Waals surface area contributed by atoms with Crippen LogP contribution < -0.4 is 24.3 Å². The largest absolute Gasteiger partial charge is 0.497 e. The molecule has 0 spiro atoms. The van der Waals surface area contributed by atoms with Crippen LogP contribution in [0.15, 0.2) is 30.3 Å². The first-order valence-corrected chi connectivity index (χ1v) is 13.2. The van der Waals surface area contributed by atoms with E-state index >= 15 is 0 Å². The Morgan fingerprint density at radius 1 is 0.974 bits per heavy atom. The summed E-state index contributed by atoms with van der Waals surface area (Å²) in [6.45, 7) is 2.43. The highest BCUT2D eigenvalue weighted by atomic mass is 16.6. The Kier molecular flexibility index (Phi) is 9.46. The molecule has 0 aromatic heterocycles. The first kappa shape index (κ1) is 27.3. The molecule has 0 aliphatic carbocycles. The number of hydrogen-bond donors (Lipinski definition) is 1. The zero-order valence-electron chi connectivity index (χ0n) is 22.0. The molecular formula is C29H35NO8. The summed E-state index contributed by atoms with van der Waals surface area (Å²) in [5.74, 6) is 1.29. The molecule has 1 atom stereocenters. The third kappa shape index (κ3) is 7.40. The van der Waals surface area contributed by atoms with Crippen LogP contribution in [-0.2, 0) is 20.7 Å². The van der Waals surface area contributed by atoms with Crippen LogP contribution >= 0.6 is 0 Å². The summed E-state index contributed by atoms with van der Waals surface area (Å²) in [6.07, 6.45) is 5.05. The highest BCUT2D eigenvalue weighted by molar-refractivity contribution is 5.96. The monoisotopic (exact) mass is 525 g/mol. The van der Waals surface area contributed by atoms with E-state index < -0.39 is 11.9 Å². The number of ether oxygens (including phenoxy) is 5. The van der Waals surface area contributed by atoms with Crippen LogP contribution in [0.25, 0.3) is 0 Å². The van der Waals surface area contributed by atoms with Gasteiger partial charge in [0.15, 0.2) is 18.1 Å². The number of anilines is 1. The van der Waals surface area contributed by atoms with Gasteiger partial charge in [-0.3, -0.25) is 9.59 Å². The van der Waals surface area contributed by atoms with Crippen molar-refractivity contribution in [2.24, 2.45) is 0 Å². The topological polar surface area (TPSA) is 109 Å². The van der Waals surface area contributed by atoms with E-state index in [9.17, 15) is 14.4 Å². The summed E-state index contributed by atoms with van der Waals surface area (Å²) in [7, 11) is 1.54. The van der Waals surface area contributed by atoms with E-state index in [0.717, 1.165) is 24.8 Å². The molecule has 0 bridgehead atoms. The maximum atomic E-state index is 13.3. The average Bonchev–Trinajstić information content (AvgIpc) is 2.90. The Bertz CT molecular complexity index is 1160. The van der Waals surface area contributed by atoms with Crippen LogP contribution in [0, 0.1) is 0 Å². The van der Waals surface area contributed by atoms with Gasteiger partial charge in [0.25, 0.3) is 5.91 Å². The molecule has 1 N–H and O–H groups in total. The molecule has 2 aliphatic rings. The number of esters is 1. The lowest BCUT2D eigenvalue weighted by molar-refractivity contribution is -0.119. The predicted molar refractivity (Wildman–Crippen MR) is 140 cm³/mol. The second-order valence-corrected chi connectivity index (χ2v) is 9.56. The number of fused-ring (bicyclic) bond motifs is 2. The molecule has 0 unspecified atom stereocenters. The lowest BCUT2D eigenvalue weighted by Crippen LogP contribution is -2.23. The number of carbonyl (C=O) groups excluding carboxylic acids is 3. The van der Waals surface area contributed by atoms with E-state index in [0.29, 0.717) is 73.8 Å². The number of amides is 1. The second-order valence-electron chi connectivity index (χ2n) is 9.56. The van der Waals surface area contributed by atoms with E-state index in [1.165, 1.54) is 7.11 Å². The van der Waals surface area contributed by atoms with Gasteiger partial charge in [-0.25, -0.2) is 4.79 Å². The Labute approximate surface area is 222 Å². The molecule has 2 heterocycles. The highest BCUT2D eigenvalue weighted by Gasteiger charge is 2.24. The maximum Gasteiger partial charge on any atom is 0.342 e. The minimum absolute atomic E-state index is 0.233. The number of cyclic esters (lactones) is 1. The molecule has 0 fully saturated rings. The van der Waals surface area contributed by atoms with E-state index in [1.54, 1.807) is 30.3 Å². The lowest BCUT2D eigenvalue weighted by Gasteiger charge is -2.20. The summed E-state index contributed by atoms with van der Waals surface area (Å²) in [5.41, 5.74) is 1.58. The van der Waals surface area contributed by atoms with Crippen LogP contribution in [-0.4, -0.2) is 50.7 Å². The standard InChI is InChI=1S/C29H35NO8/c1-19-7-6-10-22(31)9-5-3-4-8-20-15-23(34-2)17-26(28(20)29(33)38-19)37-18-27(32)30-21-11-12-24-25(16-21)36-14-13-35-24/h11-12,15-17,19H,3-10,13-14,18H2,1-2H3,(H,30,32)/t19-/m1/s1. The second kappa shape index (κ2) is 13.2. The van der Waals surface area contributed by atoms with Gasteiger partial charge < -0.3 is 29.0 Å². The summed E-state index contributed by atoms with van der Waals surface area (Å²) in [5, 5.41) is 2.79. The van der Waals surface area contributed by atoms with Gasteiger partial charge in [0, 0.05) is 30.7 Å². The van der Waals surface area contributed by atoms with Gasteiger partial charge >= 0.3 is 5.97 Å². The molecule has 4 rings (SSSR count). The summed E-state index contributed by atoms with van der Waals surface area (Å²) < 4.78 is 28.2. The number of rotatable bonds is 5. The van der Waals surface area contributed by atoms with Crippen LogP contribution in [0.5, 0.6) is 23.0 Å². The van der Waals surface area contributed by atoms with Gasteiger partial charge in [-0.05, 0) is 62.8 Å². The number of methoxy groups -OCH3 is 1. The third-order valence-corrected chi connectivity index (χ3v) is 6.56. The van der Waals surface area contributed by atoms with Crippen LogP contribution in [0.1, 0.15) is 67.8 Å². The smallest absolute Gasteiger partial charge is 0.342 e. The number of Topliss-reactive ketones (excluding diaryl/α,β-unsaturated/α-hetero) is 1. The Morgan fingerprint density at radius 3 is 2.55 bits per heavy atom. The summed E-state index contributed by atoms with van der Waals surface area (Å²) in [6, 6.07) is 8.57. The molecule has 1 amide bonds. The first-order chi connectivity index (χ1) is 18.4. The SMILES string of the molecule is COc1cc2c(c(OCC(=O)Nc3ccc4c(c3)OCCO4)c1)C(=O)O[C@H](C)CCCC(=O)CCCCC2. The molecule has 204 valence electrons. The molecule has 0 saturated carbocycles. The quantitative estimate of drug-likeness (QED) is 0.550. The predicted octanol–water partition coefficient (Wildman–Crippen LogP) is 4.89. The maximum absolute atomic E-state index is 13.3. The fraction of sp³-hybridized carbons (Fsp3) is 0.483. The first-order valence-electron chi connectivity index (χ1n) is 13.2. The number of nitrogens with one attached hydrogen (secondary N) is 1. The number of benzene rings is 2. The molecule has 2 aliphatic heterocycles. The van der Waals surface area contributed by atoms with Crippen molar-refractivity contribution < 1.29 is 38.1 Å². The van der Waals surface area contributed by atoms with Crippen molar-refractivity contribution in [3.8, 4) is 23.0 Å². The van der Waals surface area contributed by atoms with Crippen LogP contribution in [0.2, 0.25) is 0 Å². The molecule has 2 aromatic rings. The van der Waals surface area contributed by atoms with Gasteiger partial charge in [-0.1, -0.05) is 6.42 Å². The number of aryl methyl sites for hydroxylation is 1. The fourth-order valence-electron chi connectivity index (χ4n) is 4.59. The van der Waals surface area contributed by atoms with Crippen LogP contribution in [0.3, 0.4) is 0 Å². The summed E-state index contributed by atoms with van der Waals surface area (Å²) in [4.78, 5) is 38.1. The fourth-order valence-corrected chi connectivity index (χ4v) is 4.59. The average molecular weight is 526 g/mol. The molecule has 9 heteroatoms. The van der Waals surface area contributed by atoms with Gasteiger partial charge in [0.1, 0.15) is 36.1 Å². The molecular weight excluding hydrogens is 490 g/mol. The van der Waals surface area contributed by atoms with Crippen LogP contribution in [0.4, 0.5) is 5.69 Å². The van der Waals surface area contributed by atoms with Crippen molar-refractivity contribution in [1.29, 1.82) is 0 Å². The molecule has 0 saturated heterocycles. The van der Waals surface area contributed by atoms with Crippen molar-refractivity contribution in [2.75, 3.05) is 32.2 Å². The molecule has 2 aromatic carbocycles. The van der Waals surface area contributed by atoms with E-state index in [4.69, 9.17) is 23.7 Å². The molecule has 0 radical (unpaired) electrons. The summed E-state index contributed by atoms with van der Waals surface area (Å²) >= 11 is 0. The van der Waals surface area contributed by atoms with Crippen molar-refractivity contribution in [3.05, 3.63) is 41.5 Å². The Morgan fingerprint density at radius 2 is 1.74 bits per heavy atom. The van der Waals surface area contributed by atoms with E-state index in [-0.39, 0.29) is 24.2 Å².